The Kier molecular flexibility index (Phi) is 7.06. The first kappa shape index (κ1) is 18.1. The van der Waals surface area contributed by atoms with Crippen LogP contribution in [0.4, 0.5) is 5.69 Å². The maximum atomic E-state index is 12.5. The van der Waals surface area contributed by atoms with Crippen LogP contribution in [0.25, 0.3) is 0 Å². The van der Waals surface area contributed by atoms with Crippen LogP contribution in [0.5, 0.6) is 0 Å². The second-order valence-corrected chi connectivity index (χ2v) is 6.97. The van der Waals surface area contributed by atoms with Gasteiger partial charge in [-0.15, -0.1) is 0 Å². The van der Waals surface area contributed by atoms with Crippen LogP contribution in [0.15, 0.2) is 18.3 Å². The van der Waals surface area contributed by atoms with Crippen LogP contribution in [0.3, 0.4) is 0 Å². The van der Waals surface area contributed by atoms with E-state index in [-0.39, 0.29) is 5.91 Å². The molecule has 0 radical (unpaired) electrons. The molecular formula is C19H30N4O2. The number of pyridine rings is 1. The van der Waals surface area contributed by atoms with Crippen molar-refractivity contribution in [2.75, 3.05) is 44.7 Å². The third-order valence-corrected chi connectivity index (χ3v) is 5.04. The summed E-state index contributed by atoms with van der Waals surface area (Å²) in [6.45, 7) is 5.46. The van der Waals surface area contributed by atoms with E-state index in [0.29, 0.717) is 11.7 Å². The summed E-state index contributed by atoms with van der Waals surface area (Å²) in [5, 5.41) is 6.56. The van der Waals surface area contributed by atoms with Crippen LogP contribution in [0.1, 0.15) is 49.0 Å². The van der Waals surface area contributed by atoms with Crippen LogP contribution in [0, 0.1) is 0 Å². The third-order valence-electron chi connectivity index (χ3n) is 5.04. The predicted molar refractivity (Wildman–Crippen MR) is 98.9 cm³/mol. The number of carbonyl (C=O) groups is 1. The van der Waals surface area contributed by atoms with Crippen molar-refractivity contribution in [3.05, 3.63) is 24.0 Å². The van der Waals surface area contributed by atoms with Crippen molar-refractivity contribution in [1.29, 1.82) is 0 Å². The lowest BCUT2D eigenvalue weighted by molar-refractivity contribution is 0.0398. The van der Waals surface area contributed by atoms with Gasteiger partial charge in [0.15, 0.2) is 0 Å². The molecule has 6 heteroatoms. The molecule has 2 fully saturated rings. The number of carbonyl (C=O) groups excluding carboxylic acids is 1. The Morgan fingerprint density at radius 3 is 2.72 bits per heavy atom. The fourth-order valence-electron chi connectivity index (χ4n) is 3.53. The number of nitrogens with zero attached hydrogens (tertiary/aromatic N) is 2. The lowest BCUT2D eigenvalue weighted by Gasteiger charge is -2.26. The largest absolute Gasteiger partial charge is 0.384 e. The minimum absolute atomic E-state index is 0.0521. The highest BCUT2D eigenvalue weighted by atomic mass is 16.5. The minimum Gasteiger partial charge on any atom is -0.384 e. The molecule has 138 valence electrons. The molecule has 3 rings (SSSR count). The molecular weight excluding hydrogens is 316 g/mol. The van der Waals surface area contributed by atoms with Crippen LogP contribution < -0.4 is 10.6 Å². The number of nitrogens with one attached hydrogen (secondary N) is 2. The highest BCUT2D eigenvalue weighted by Crippen LogP contribution is 2.18. The molecule has 0 spiro atoms. The average Bonchev–Trinajstić information content (AvgIpc) is 2.91. The van der Waals surface area contributed by atoms with E-state index >= 15 is 0 Å². The summed E-state index contributed by atoms with van der Waals surface area (Å²) in [4.78, 5) is 19.1. The molecule has 2 N–H and O–H groups in total. The Labute approximate surface area is 150 Å². The molecule has 25 heavy (non-hydrogen) atoms. The van der Waals surface area contributed by atoms with Crippen LogP contribution >= 0.6 is 0 Å². The van der Waals surface area contributed by atoms with Gasteiger partial charge < -0.3 is 15.4 Å². The van der Waals surface area contributed by atoms with E-state index in [1.807, 2.05) is 12.1 Å². The van der Waals surface area contributed by atoms with Crippen molar-refractivity contribution < 1.29 is 9.53 Å². The second-order valence-electron chi connectivity index (χ2n) is 6.97. The fourth-order valence-corrected chi connectivity index (χ4v) is 3.53. The number of aromatic nitrogens is 1. The standard InChI is InChI=1S/C19H30N4O2/c24-19(22-16-5-3-1-2-4-6-16)18-15-17(7-8-21-18)20-9-10-23-11-13-25-14-12-23/h7-8,15-16H,1-6,9-14H2,(H,20,21)(H,22,24). The number of ether oxygens (including phenoxy) is 1. The summed E-state index contributed by atoms with van der Waals surface area (Å²) < 4.78 is 5.36. The molecule has 1 aliphatic heterocycles. The van der Waals surface area contributed by atoms with E-state index < -0.39 is 0 Å². The Hall–Kier alpha value is -1.66. The maximum Gasteiger partial charge on any atom is 0.270 e. The van der Waals surface area contributed by atoms with Gasteiger partial charge in [0.05, 0.1) is 13.2 Å². The number of hydrogen-bond acceptors (Lipinski definition) is 5. The monoisotopic (exact) mass is 346 g/mol. The Morgan fingerprint density at radius 2 is 1.96 bits per heavy atom. The summed E-state index contributed by atoms with van der Waals surface area (Å²) >= 11 is 0. The van der Waals surface area contributed by atoms with Gasteiger partial charge in [0.1, 0.15) is 5.69 Å². The summed E-state index contributed by atoms with van der Waals surface area (Å²) in [6, 6.07) is 4.07. The topological polar surface area (TPSA) is 66.5 Å². The van der Waals surface area contributed by atoms with E-state index in [0.717, 1.165) is 57.9 Å². The number of rotatable bonds is 6. The van der Waals surface area contributed by atoms with Crippen molar-refractivity contribution in [3.8, 4) is 0 Å². The van der Waals surface area contributed by atoms with Crippen molar-refractivity contribution >= 4 is 11.6 Å². The Bertz CT molecular complexity index is 538. The van der Waals surface area contributed by atoms with Crippen LogP contribution in [-0.2, 0) is 4.74 Å². The maximum absolute atomic E-state index is 12.5. The molecule has 1 saturated carbocycles. The van der Waals surface area contributed by atoms with E-state index in [9.17, 15) is 4.79 Å². The number of hydrogen-bond donors (Lipinski definition) is 2. The second kappa shape index (κ2) is 9.73. The van der Waals surface area contributed by atoms with Gasteiger partial charge in [-0.05, 0) is 25.0 Å². The van der Waals surface area contributed by atoms with Crippen LogP contribution in [-0.4, -0.2) is 61.2 Å². The van der Waals surface area contributed by atoms with Gasteiger partial charge in [-0.2, -0.15) is 0 Å². The smallest absolute Gasteiger partial charge is 0.270 e. The molecule has 0 bridgehead atoms. The van der Waals surface area contributed by atoms with Gasteiger partial charge in [0, 0.05) is 44.1 Å². The Morgan fingerprint density at radius 1 is 1.20 bits per heavy atom. The molecule has 0 atom stereocenters. The zero-order valence-electron chi connectivity index (χ0n) is 15.0. The molecule has 1 saturated heterocycles. The predicted octanol–water partition coefficient (Wildman–Crippen LogP) is 2.28. The van der Waals surface area contributed by atoms with Crippen molar-refractivity contribution in [1.82, 2.24) is 15.2 Å². The average molecular weight is 346 g/mol. The van der Waals surface area contributed by atoms with Gasteiger partial charge in [-0.1, -0.05) is 25.7 Å². The molecule has 0 aromatic carbocycles. The van der Waals surface area contributed by atoms with E-state index in [2.05, 4.69) is 20.5 Å². The van der Waals surface area contributed by atoms with E-state index in [1.165, 1.54) is 25.7 Å². The van der Waals surface area contributed by atoms with Gasteiger partial charge in [0.25, 0.3) is 5.91 Å². The first-order valence-corrected chi connectivity index (χ1v) is 9.62. The quantitative estimate of drug-likeness (QED) is 0.774. The van der Waals surface area contributed by atoms with Gasteiger partial charge in [-0.25, -0.2) is 0 Å². The zero-order valence-corrected chi connectivity index (χ0v) is 15.0. The summed E-state index contributed by atoms with van der Waals surface area (Å²) in [6.07, 6.45) is 8.87. The Balaban J connectivity index is 1.47. The third kappa shape index (κ3) is 5.97. The van der Waals surface area contributed by atoms with Gasteiger partial charge in [0.2, 0.25) is 0 Å². The highest BCUT2D eigenvalue weighted by molar-refractivity contribution is 5.93. The number of morpholine rings is 1. The summed E-state index contributed by atoms with van der Waals surface area (Å²) in [5.41, 5.74) is 1.45. The van der Waals surface area contributed by atoms with Gasteiger partial charge >= 0.3 is 0 Å². The highest BCUT2D eigenvalue weighted by Gasteiger charge is 2.17. The SMILES string of the molecule is O=C(NC1CCCCCC1)c1cc(NCCN2CCOCC2)ccn1. The lowest BCUT2D eigenvalue weighted by Crippen LogP contribution is -2.39. The first-order valence-electron chi connectivity index (χ1n) is 9.62. The molecule has 2 heterocycles. The zero-order chi connectivity index (χ0) is 17.3. The summed E-state index contributed by atoms with van der Waals surface area (Å²) in [5.74, 6) is -0.0521. The summed E-state index contributed by atoms with van der Waals surface area (Å²) in [7, 11) is 0. The molecule has 1 aromatic heterocycles. The molecule has 2 aliphatic rings. The van der Waals surface area contributed by atoms with Crippen molar-refractivity contribution in [2.24, 2.45) is 0 Å². The normalized spacial score (nSPS) is 20.0. The van der Waals surface area contributed by atoms with Gasteiger partial charge in [-0.3, -0.25) is 14.7 Å². The molecule has 1 aromatic rings. The van der Waals surface area contributed by atoms with E-state index in [1.54, 1.807) is 6.20 Å². The number of anilines is 1. The fraction of sp³-hybridized carbons (Fsp3) is 0.684. The molecule has 6 nitrogen and oxygen atoms in total. The first-order chi connectivity index (χ1) is 12.3. The van der Waals surface area contributed by atoms with Crippen molar-refractivity contribution in [3.63, 3.8) is 0 Å². The molecule has 1 amide bonds. The molecule has 0 unspecified atom stereocenters. The van der Waals surface area contributed by atoms with Crippen molar-refractivity contribution in [2.45, 2.75) is 44.6 Å². The van der Waals surface area contributed by atoms with Crippen LogP contribution in [0.2, 0.25) is 0 Å². The molecule has 1 aliphatic carbocycles. The lowest BCUT2D eigenvalue weighted by atomic mass is 10.1. The minimum atomic E-state index is -0.0521. The van der Waals surface area contributed by atoms with E-state index in [4.69, 9.17) is 4.74 Å². The number of amides is 1.